The van der Waals surface area contributed by atoms with Crippen molar-refractivity contribution in [2.75, 3.05) is 5.73 Å². The molecule has 0 bridgehead atoms. The highest BCUT2D eigenvalue weighted by Crippen LogP contribution is 2.35. The molecular formula is C19H15NOS. The van der Waals surface area contributed by atoms with Crippen LogP contribution in [-0.4, -0.2) is 5.78 Å². The van der Waals surface area contributed by atoms with E-state index in [0.717, 1.165) is 9.79 Å². The molecule has 3 aromatic rings. The lowest BCUT2D eigenvalue weighted by Crippen LogP contribution is -2.04. The second-order valence-electron chi connectivity index (χ2n) is 4.83. The molecule has 0 saturated heterocycles. The fourth-order valence-corrected chi connectivity index (χ4v) is 3.18. The molecule has 3 rings (SSSR count). The maximum atomic E-state index is 12.7. The first-order valence-corrected chi connectivity index (χ1v) is 7.78. The number of carbonyl (C=O) groups excluding carboxylic acids is 1. The third kappa shape index (κ3) is 3.05. The molecule has 0 aromatic heterocycles. The summed E-state index contributed by atoms with van der Waals surface area (Å²) in [6.07, 6.45) is 0. The lowest BCUT2D eigenvalue weighted by atomic mass is 10.0. The minimum atomic E-state index is -0.00803. The van der Waals surface area contributed by atoms with Gasteiger partial charge in [0.2, 0.25) is 0 Å². The van der Waals surface area contributed by atoms with E-state index >= 15 is 0 Å². The Morgan fingerprint density at radius 2 is 1.41 bits per heavy atom. The van der Waals surface area contributed by atoms with Gasteiger partial charge in [0.05, 0.1) is 0 Å². The van der Waals surface area contributed by atoms with Crippen LogP contribution in [0.15, 0.2) is 88.7 Å². The van der Waals surface area contributed by atoms with Crippen LogP contribution in [0.1, 0.15) is 15.9 Å². The van der Waals surface area contributed by atoms with Gasteiger partial charge < -0.3 is 5.73 Å². The fraction of sp³-hybridized carbons (Fsp3) is 0. The van der Waals surface area contributed by atoms with E-state index in [4.69, 9.17) is 5.73 Å². The molecule has 3 aromatic carbocycles. The molecule has 108 valence electrons. The van der Waals surface area contributed by atoms with Gasteiger partial charge in [-0.05, 0) is 24.3 Å². The summed E-state index contributed by atoms with van der Waals surface area (Å²) in [7, 11) is 0. The average molecular weight is 305 g/mol. The van der Waals surface area contributed by atoms with Crippen molar-refractivity contribution in [3.05, 3.63) is 90.0 Å². The van der Waals surface area contributed by atoms with E-state index in [9.17, 15) is 4.79 Å². The smallest absolute Gasteiger partial charge is 0.194 e. The van der Waals surface area contributed by atoms with E-state index in [0.29, 0.717) is 16.8 Å². The normalized spacial score (nSPS) is 10.4. The molecular weight excluding hydrogens is 290 g/mol. The Hall–Kier alpha value is -2.52. The molecule has 2 nitrogen and oxygen atoms in total. The molecule has 0 aliphatic rings. The number of ketones is 1. The van der Waals surface area contributed by atoms with Crippen molar-refractivity contribution >= 4 is 23.2 Å². The molecule has 0 unspecified atom stereocenters. The third-order valence-corrected chi connectivity index (χ3v) is 4.46. The quantitative estimate of drug-likeness (QED) is 0.563. The van der Waals surface area contributed by atoms with Crippen LogP contribution in [0.25, 0.3) is 0 Å². The largest absolute Gasteiger partial charge is 0.398 e. The zero-order chi connectivity index (χ0) is 15.4. The molecule has 0 heterocycles. The molecule has 0 atom stereocenters. The van der Waals surface area contributed by atoms with Crippen LogP contribution in [0.5, 0.6) is 0 Å². The molecule has 0 amide bonds. The van der Waals surface area contributed by atoms with E-state index in [1.807, 2.05) is 78.9 Å². The van der Waals surface area contributed by atoms with Gasteiger partial charge in [-0.2, -0.15) is 0 Å². The molecule has 0 fully saturated rings. The van der Waals surface area contributed by atoms with Crippen LogP contribution in [0, 0.1) is 0 Å². The third-order valence-electron chi connectivity index (χ3n) is 3.29. The number of nitrogen functional groups attached to an aromatic ring is 1. The number of anilines is 1. The average Bonchev–Trinajstić information content (AvgIpc) is 2.58. The summed E-state index contributed by atoms with van der Waals surface area (Å²) in [5.74, 6) is -0.00803. The summed E-state index contributed by atoms with van der Waals surface area (Å²) in [6, 6.07) is 24.7. The predicted molar refractivity (Wildman–Crippen MR) is 91.3 cm³/mol. The van der Waals surface area contributed by atoms with Gasteiger partial charge in [0, 0.05) is 26.6 Å². The van der Waals surface area contributed by atoms with Gasteiger partial charge in [0.1, 0.15) is 0 Å². The van der Waals surface area contributed by atoms with Crippen LogP contribution in [-0.2, 0) is 0 Å². The van der Waals surface area contributed by atoms with Gasteiger partial charge in [0.25, 0.3) is 0 Å². The first kappa shape index (κ1) is 14.4. The maximum absolute atomic E-state index is 12.7. The Balaban J connectivity index is 2.02. The minimum absolute atomic E-state index is 0.00803. The molecule has 0 radical (unpaired) electrons. The molecule has 0 spiro atoms. The Labute approximate surface area is 134 Å². The number of hydrogen-bond acceptors (Lipinski definition) is 3. The summed E-state index contributed by atoms with van der Waals surface area (Å²) < 4.78 is 0. The van der Waals surface area contributed by atoms with Crippen LogP contribution in [0.4, 0.5) is 5.69 Å². The van der Waals surface area contributed by atoms with Gasteiger partial charge in [-0.3, -0.25) is 4.79 Å². The van der Waals surface area contributed by atoms with Gasteiger partial charge >= 0.3 is 0 Å². The topological polar surface area (TPSA) is 43.1 Å². The summed E-state index contributed by atoms with van der Waals surface area (Å²) in [5, 5.41) is 0. The zero-order valence-electron chi connectivity index (χ0n) is 11.9. The summed E-state index contributed by atoms with van der Waals surface area (Å²) in [6.45, 7) is 0. The van der Waals surface area contributed by atoms with Crippen LogP contribution >= 0.6 is 11.8 Å². The Bertz CT molecular complexity index is 785. The van der Waals surface area contributed by atoms with Crippen molar-refractivity contribution in [3.8, 4) is 0 Å². The number of rotatable bonds is 4. The lowest BCUT2D eigenvalue weighted by Gasteiger charge is -2.11. The minimum Gasteiger partial charge on any atom is -0.398 e. The fourth-order valence-electron chi connectivity index (χ4n) is 2.20. The number of hydrogen-bond donors (Lipinski definition) is 1. The monoisotopic (exact) mass is 305 g/mol. The van der Waals surface area contributed by atoms with Crippen molar-refractivity contribution in [1.29, 1.82) is 0 Å². The molecule has 22 heavy (non-hydrogen) atoms. The van der Waals surface area contributed by atoms with E-state index in [1.165, 1.54) is 11.8 Å². The van der Waals surface area contributed by atoms with Crippen molar-refractivity contribution in [2.24, 2.45) is 0 Å². The number of carbonyl (C=O) groups is 1. The van der Waals surface area contributed by atoms with Crippen LogP contribution < -0.4 is 5.73 Å². The van der Waals surface area contributed by atoms with Crippen molar-refractivity contribution in [3.63, 3.8) is 0 Å². The van der Waals surface area contributed by atoms with Crippen LogP contribution in [0.3, 0.4) is 0 Å². The summed E-state index contributed by atoms with van der Waals surface area (Å²) >= 11 is 1.52. The number of benzene rings is 3. The Morgan fingerprint density at radius 1 is 0.773 bits per heavy atom. The molecule has 0 aliphatic heterocycles. The van der Waals surface area contributed by atoms with E-state index in [-0.39, 0.29) is 5.78 Å². The van der Waals surface area contributed by atoms with Crippen molar-refractivity contribution in [2.45, 2.75) is 9.79 Å². The predicted octanol–water partition coefficient (Wildman–Crippen LogP) is 4.65. The van der Waals surface area contributed by atoms with E-state index in [1.54, 1.807) is 0 Å². The molecule has 2 N–H and O–H groups in total. The SMILES string of the molecule is Nc1cccc(C(=O)c2ccccc2)c1Sc1ccccc1. The summed E-state index contributed by atoms with van der Waals surface area (Å²) in [5.41, 5.74) is 8.04. The van der Waals surface area contributed by atoms with E-state index < -0.39 is 0 Å². The second-order valence-corrected chi connectivity index (χ2v) is 5.92. The second kappa shape index (κ2) is 6.50. The van der Waals surface area contributed by atoms with Gasteiger partial charge in [-0.15, -0.1) is 0 Å². The highest BCUT2D eigenvalue weighted by molar-refractivity contribution is 7.99. The first-order chi connectivity index (χ1) is 10.8. The van der Waals surface area contributed by atoms with Crippen LogP contribution in [0.2, 0.25) is 0 Å². The highest BCUT2D eigenvalue weighted by atomic mass is 32.2. The summed E-state index contributed by atoms with van der Waals surface area (Å²) in [4.78, 5) is 14.6. The Morgan fingerprint density at radius 3 is 2.09 bits per heavy atom. The van der Waals surface area contributed by atoms with Gasteiger partial charge in [-0.25, -0.2) is 0 Å². The Kier molecular flexibility index (Phi) is 4.26. The first-order valence-electron chi connectivity index (χ1n) is 6.97. The molecule has 3 heteroatoms. The van der Waals surface area contributed by atoms with E-state index in [2.05, 4.69) is 0 Å². The standard InChI is InChI=1S/C19H15NOS/c20-17-13-7-12-16(18(21)14-8-3-1-4-9-14)19(17)22-15-10-5-2-6-11-15/h1-13H,20H2. The highest BCUT2D eigenvalue weighted by Gasteiger charge is 2.16. The van der Waals surface area contributed by atoms with Gasteiger partial charge in [-0.1, -0.05) is 66.4 Å². The molecule has 0 aliphatic carbocycles. The van der Waals surface area contributed by atoms with Crippen molar-refractivity contribution in [1.82, 2.24) is 0 Å². The maximum Gasteiger partial charge on any atom is 0.194 e. The molecule has 0 saturated carbocycles. The van der Waals surface area contributed by atoms with Crippen molar-refractivity contribution < 1.29 is 4.79 Å². The van der Waals surface area contributed by atoms with Gasteiger partial charge in [0.15, 0.2) is 5.78 Å². The number of nitrogens with two attached hydrogens (primary N) is 1. The zero-order valence-corrected chi connectivity index (χ0v) is 12.7. The lowest BCUT2D eigenvalue weighted by molar-refractivity contribution is 0.103.